The molecule has 2 atom stereocenters. The zero-order chi connectivity index (χ0) is 21.4. The number of hydrogen-bond donors (Lipinski definition) is 2. The largest absolute Gasteiger partial charge is 1.00 e. The Kier molecular flexibility index (Phi) is 11.3. The third-order valence-electron chi connectivity index (χ3n) is 6.22. The van der Waals surface area contributed by atoms with Gasteiger partial charge in [0.2, 0.25) is 5.91 Å². The molecule has 0 aromatic heterocycles. The van der Waals surface area contributed by atoms with Gasteiger partial charge in [-0.25, -0.2) is 4.79 Å². The summed E-state index contributed by atoms with van der Waals surface area (Å²) in [4.78, 5) is 24.4. The minimum Gasteiger partial charge on any atom is -1.00 e. The van der Waals surface area contributed by atoms with Crippen LogP contribution in [0.1, 0.15) is 69.9 Å². The monoisotopic (exact) mass is 530 g/mol. The topological polar surface area (TPSA) is 66.4 Å². The van der Waals surface area contributed by atoms with E-state index in [2.05, 4.69) is 38.3 Å². The van der Waals surface area contributed by atoms with E-state index >= 15 is 0 Å². The van der Waals surface area contributed by atoms with Gasteiger partial charge in [-0.15, -0.1) is 0 Å². The van der Waals surface area contributed by atoms with Crippen molar-refractivity contribution in [1.29, 1.82) is 0 Å². The molecule has 1 aliphatic heterocycles. The lowest BCUT2D eigenvalue weighted by molar-refractivity contribution is -0.914. The average molecular weight is 530 g/mol. The fraction of sp³-hybridized carbons (Fsp3) is 0.667. The van der Waals surface area contributed by atoms with Crippen molar-refractivity contribution in [1.82, 2.24) is 5.32 Å². The number of carboxylic acids is 1. The number of halogens is 1. The molecule has 1 aromatic carbocycles. The van der Waals surface area contributed by atoms with E-state index in [0.29, 0.717) is 12.3 Å². The van der Waals surface area contributed by atoms with Crippen LogP contribution in [0, 0.1) is 5.92 Å². The van der Waals surface area contributed by atoms with Crippen molar-refractivity contribution in [2.45, 2.75) is 71.3 Å². The lowest BCUT2D eigenvalue weighted by atomic mass is 9.96. The van der Waals surface area contributed by atoms with Gasteiger partial charge in [-0.2, -0.15) is 0 Å². The first-order valence-electron chi connectivity index (χ1n) is 11.2. The Hall–Kier alpha value is -1.15. The number of quaternary nitrogens is 1. The highest BCUT2D eigenvalue weighted by Crippen LogP contribution is 2.20. The zero-order valence-corrected chi connectivity index (χ0v) is 21.2. The van der Waals surface area contributed by atoms with Crippen molar-refractivity contribution in [3.05, 3.63) is 35.4 Å². The minimum atomic E-state index is -0.945. The predicted octanol–water partition coefficient (Wildman–Crippen LogP) is 0.973. The maximum Gasteiger partial charge on any atom is 0.326 e. The molecule has 0 radical (unpaired) electrons. The quantitative estimate of drug-likeness (QED) is 0.350. The summed E-state index contributed by atoms with van der Waals surface area (Å²) in [7, 11) is 2.26. The fourth-order valence-corrected chi connectivity index (χ4v) is 4.30. The summed E-state index contributed by atoms with van der Waals surface area (Å²) in [5.41, 5.74) is 2.18. The molecule has 1 saturated heterocycles. The number of nitrogens with zero attached hydrogens (tertiary/aromatic N) is 1. The first-order valence-corrected chi connectivity index (χ1v) is 11.2. The molecule has 1 unspecified atom stereocenters. The summed E-state index contributed by atoms with van der Waals surface area (Å²) in [6.45, 7) is 9.53. The maximum atomic E-state index is 12.7. The molecule has 1 fully saturated rings. The number of carbonyl (C=O) groups excluding carboxylic acids is 1. The number of hydrogen-bond acceptors (Lipinski definition) is 2. The molecule has 1 amide bonds. The van der Waals surface area contributed by atoms with E-state index in [4.69, 9.17) is 0 Å². The van der Waals surface area contributed by atoms with Gasteiger partial charge in [-0.3, -0.25) is 4.79 Å². The number of nitrogens with one attached hydrogen (secondary N) is 1. The maximum absolute atomic E-state index is 12.7. The van der Waals surface area contributed by atoms with E-state index in [1.807, 2.05) is 19.1 Å². The first-order chi connectivity index (χ1) is 13.7. The highest BCUT2D eigenvalue weighted by atomic mass is 127. The van der Waals surface area contributed by atoms with E-state index < -0.39 is 12.0 Å². The molecule has 5 nitrogen and oxygen atoms in total. The van der Waals surface area contributed by atoms with Crippen LogP contribution in [0.3, 0.4) is 0 Å². The molecule has 30 heavy (non-hydrogen) atoms. The van der Waals surface area contributed by atoms with Gasteiger partial charge in [0, 0.05) is 0 Å². The standard InChI is InChI=1S/C24H38N2O3.HI/c1-18(2)17-20-10-12-21(13-11-20)19(3)23(27)25-22(24(28)29)9-8-16-26(4)14-6-5-7-15-26;/h10-13,18-19,22H,5-9,14-17H2,1-4H3,(H-,25,27,28,29);1H/t19?,22-;/m0./s1. The van der Waals surface area contributed by atoms with E-state index in [0.717, 1.165) is 29.4 Å². The predicted molar refractivity (Wildman–Crippen MR) is 117 cm³/mol. The summed E-state index contributed by atoms with van der Waals surface area (Å²) >= 11 is 0. The Balaban J connectivity index is 0.00000450. The van der Waals surface area contributed by atoms with E-state index in [-0.39, 0.29) is 35.8 Å². The smallest absolute Gasteiger partial charge is 0.326 e. The molecule has 1 aromatic rings. The van der Waals surface area contributed by atoms with Crippen LogP contribution < -0.4 is 29.3 Å². The van der Waals surface area contributed by atoms with Gasteiger partial charge in [0.25, 0.3) is 0 Å². The van der Waals surface area contributed by atoms with Gasteiger partial charge < -0.3 is 38.9 Å². The number of carbonyl (C=O) groups is 2. The SMILES string of the molecule is CC(C)Cc1ccc(C(C)C(=O)N[C@@H](CCC[N+]2(C)CCCCC2)C(=O)O)cc1.[I-]. The normalized spacial score (nSPS) is 17.6. The highest BCUT2D eigenvalue weighted by molar-refractivity contribution is 5.87. The number of piperidine rings is 1. The Labute approximate surface area is 199 Å². The second kappa shape index (κ2) is 12.6. The van der Waals surface area contributed by atoms with Gasteiger partial charge in [0.05, 0.1) is 32.6 Å². The molecule has 0 saturated carbocycles. The number of amides is 1. The summed E-state index contributed by atoms with van der Waals surface area (Å²) < 4.78 is 1.03. The van der Waals surface area contributed by atoms with Crippen LogP contribution >= 0.6 is 0 Å². The molecule has 2 rings (SSSR count). The Morgan fingerprint density at radius 2 is 1.67 bits per heavy atom. The molecular weight excluding hydrogens is 491 g/mol. The zero-order valence-electron chi connectivity index (χ0n) is 19.0. The van der Waals surface area contributed by atoms with Crippen molar-refractivity contribution in [3.63, 3.8) is 0 Å². The van der Waals surface area contributed by atoms with Crippen molar-refractivity contribution in [2.75, 3.05) is 26.7 Å². The third-order valence-corrected chi connectivity index (χ3v) is 6.22. The van der Waals surface area contributed by atoms with E-state index in [1.165, 1.54) is 37.9 Å². The van der Waals surface area contributed by atoms with Crippen LogP contribution in [0.5, 0.6) is 0 Å². The first kappa shape index (κ1) is 26.9. The summed E-state index contributed by atoms with van der Waals surface area (Å²) in [6.07, 6.45) is 6.12. The Morgan fingerprint density at radius 1 is 1.07 bits per heavy atom. The Morgan fingerprint density at radius 3 is 2.20 bits per heavy atom. The van der Waals surface area contributed by atoms with E-state index in [1.54, 1.807) is 0 Å². The van der Waals surface area contributed by atoms with Gasteiger partial charge in [-0.1, -0.05) is 38.1 Å². The number of likely N-dealkylation sites (tertiary alicyclic amines) is 1. The Bertz CT molecular complexity index is 670. The van der Waals surface area contributed by atoms with Crippen molar-refractivity contribution in [2.24, 2.45) is 5.92 Å². The van der Waals surface area contributed by atoms with Crippen LogP contribution in [0.2, 0.25) is 0 Å². The molecule has 2 N–H and O–H groups in total. The van der Waals surface area contributed by atoms with Gasteiger partial charge in [0.1, 0.15) is 6.04 Å². The van der Waals surface area contributed by atoms with Gasteiger partial charge in [-0.05, 0) is 62.5 Å². The van der Waals surface area contributed by atoms with Crippen LogP contribution in [-0.4, -0.2) is 54.2 Å². The molecule has 0 aliphatic carbocycles. The van der Waals surface area contributed by atoms with Crippen molar-refractivity contribution >= 4 is 11.9 Å². The van der Waals surface area contributed by atoms with Crippen molar-refractivity contribution in [3.8, 4) is 0 Å². The number of aliphatic carboxylic acids is 1. The van der Waals surface area contributed by atoms with Crippen LogP contribution in [0.4, 0.5) is 0 Å². The second-order valence-electron chi connectivity index (χ2n) is 9.45. The van der Waals surface area contributed by atoms with Crippen LogP contribution in [-0.2, 0) is 16.0 Å². The average Bonchev–Trinajstić information content (AvgIpc) is 2.67. The number of rotatable bonds is 10. The van der Waals surface area contributed by atoms with Crippen LogP contribution in [0.15, 0.2) is 24.3 Å². The minimum absolute atomic E-state index is 0. The van der Waals surface area contributed by atoms with Crippen LogP contribution in [0.25, 0.3) is 0 Å². The molecule has 1 aliphatic rings. The second-order valence-corrected chi connectivity index (χ2v) is 9.45. The lowest BCUT2D eigenvalue weighted by Crippen LogP contribution is -3.00. The summed E-state index contributed by atoms with van der Waals surface area (Å²) in [5.74, 6) is -0.935. The molecule has 6 heteroatoms. The number of benzene rings is 1. The molecule has 0 bridgehead atoms. The summed E-state index contributed by atoms with van der Waals surface area (Å²) in [5, 5.41) is 12.3. The fourth-order valence-electron chi connectivity index (χ4n) is 4.30. The lowest BCUT2D eigenvalue weighted by Gasteiger charge is -2.38. The molecular formula is C24H39IN2O3. The van der Waals surface area contributed by atoms with Gasteiger partial charge >= 0.3 is 5.97 Å². The number of carboxylic acid groups (broad SMARTS) is 1. The molecule has 0 spiro atoms. The van der Waals surface area contributed by atoms with E-state index in [9.17, 15) is 14.7 Å². The third kappa shape index (κ3) is 8.53. The van der Waals surface area contributed by atoms with Crippen molar-refractivity contribution < 1.29 is 43.2 Å². The highest BCUT2D eigenvalue weighted by Gasteiger charge is 2.27. The summed E-state index contributed by atoms with van der Waals surface area (Å²) in [6, 6.07) is 7.28. The van der Waals surface area contributed by atoms with Gasteiger partial charge in [0.15, 0.2) is 0 Å². The molecule has 170 valence electrons. The molecule has 1 heterocycles.